The minimum atomic E-state index is -4.71. The number of alkyl halides is 3. The Kier molecular flexibility index (Phi) is 5.36. The Morgan fingerprint density at radius 2 is 1.88 bits per heavy atom. The molecule has 2 aromatic heterocycles. The molecule has 4 rings (SSSR count). The molecule has 3 heterocycles. The summed E-state index contributed by atoms with van der Waals surface area (Å²) in [6, 6.07) is 5.72. The highest BCUT2D eigenvalue weighted by molar-refractivity contribution is 5.93. The first-order chi connectivity index (χ1) is 15.1. The number of hydrogen-bond acceptors (Lipinski definition) is 7. The Morgan fingerprint density at radius 1 is 1.16 bits per heavy atom. The lowest BCUT2D eigenvalue weighted by Crippen LogP contribution is -2.39. The van der Waals surface area contributed by atoms with E-state index in [-0.39, 0.29) is 22.8 Å². The number of benzene rings is 1. The molecule has 0 unspecified atom stereocenters. The number of nitrogens with one attached hydrogen (secondary N) is 1. The molecular weight excluding hydrogens is 438 g/mol. The van der Waals surface area contributed by atoms with Crippen LogP contribution in [0.25, 0.3) is 5.65 Å². The Morgan fingerprint density at radius 3 is 2.53 bits per heavy atom. The van der Waals surface area contributed by atoms with Gasteiger partial charge in [0.2, 0.25) is 5.91 Å². The van der Waals surface area contributed by atoms with Gasteiger partial charge in [0, 0.05) is 31.1 Å². The third kappa shape index (κ3) is 4.15. The van der Waals surface area contributed by atoms with Crippen LogP contribution in [0, 0.1) is 21.8 Å². The number of carbonyl (C=O) groups excluding carboxylic acids is 1. The first kappa shape index (κ1) is 21.4. The quantitative estimate of drug-likeness (QED) is 0.366. The van der Waals surface area contributed by atoms with Gasteiger partial charge in [-0.3, -0.25) is 14.9 Å². The molecule has 10 nitrogen and oxygen atoms in total. The maximum atomic E-state index is 13.9. The molecule has 1 fully saturated rings. The van der Waals surface area contributed by atoms with Crippen LogP contribution >= 0.6 is 0 Å². The van der Waals surface area contributed by atoms with Gasteiger partial charge in [0.05, 0.1) is 10.6 Å². The number of anilines is 2. The monoisotopic (exact) mass is 453 g/mol. The number of hydrogen-bond donors (Lipinski definition) is 1. The Bertz CT molecular complexity index is 1190. The fourth-order valence-corrected chi connectivity index (χ4v) is 3.45. The summed E-state index contributed by atoms with van der Waals surface area (Å²) in [5, 5.41) is 23.8. The van der Waals surface area contributed by atoms with E-state index in [2.05, 4.69) is 20.6 Å². The molecule has 3 aromatic rings. The maximum Gasteiger partial charge on any atom is 0.453 e. The predicted octanol–water partition coefficient (Wildman–Crippen LogP) is 3.05. The second-order valence-corrected chi connectivity index (χ2v) is 7.15. The van der Waals surface area contributed by atoms with Crippen LogP contribution in [0.15, 0.2) is 30.3 Å². The SMILES string of the molecule is O=C(Nc1cc([N+](=O)[O-])ccc1F)C1CCN(c2ccc3nnc(C(F)(F)F)n3n2)CC1. The Balaban J connectivity index is 1.44. The molecule has 168 valence electrons. The summed E-state index contributed by atoms with van der Waals surface area (Å²) in [4.78, 5) is 24.4. The van der Waals surface area contributed by atoms with E-state index in [0.717, 1.165) is 18.2 Å². The van der Waals surface area contributed by atoms with Gasteiger partial charge in [-0.05, 0) is 31.0 Å². The van der Waals surface area contributed by atoms with Crippen molar-refractivity contribution in [3.63, 3.8) is 0 Å². The van der Waals surface area contributed by atoms with Crippen molar-refractivity contribution in [2.24, 2.45) is 5.92 Å². The van der Waals surface area contributed by atoms with Crippen molar-refractivity contribution in [2.45, 2.75) is 19.0 Å². The molecule has 1 aromatic carbocycles. The van der Waals surface area contributed by atoms with Gasteiger partial charge in [0.1, 0.15) is 11.6 Å². The summed E-state index contributed by atoms with van der Waals surface area (Å²) in [6.07, 6.45) is -4.05. The van der Waals surface area contributed by atoms with Gasteiger partial charge in [-0.1, -0.05) is 0 Å². The van der Waals surface area contributed by atoms with Crippen molar-refractivity contribution in [3.8, 4) is 0 Å². The van der Waals surface area contributed by atoms with Crippen molar-refractivity contribution < 1.29 is 27.3 Å². The van der Waals surface area contributed by atoms with E-state index < -0.39 is 34.6 Å². The number of aromatic nitrogens is 4. The van der Waals surface area contributed by atoms with Gasteiger partial charge >= 0.3 is 6.18 Å². The number of amides is 1. The highest BCUT2D eigenvalue weighted by atomic mass is 19.4. The normalized spacial score (nSPS) is 15.2. The van der Waals surface area contributed by atoms with Crippen LogP contribution < -0.4 is 10.2 Å². The fraction of sp³-hybridized carbons (Fsp3) is 0.333. The van der Waals surface area contributed by atoms with Crippen LogP contribution in [-0.2, 0) is 11.0 Å². The van der Waals surface area contributed by atoms with Crippen molar-refractivity contribution in [1.82, 2.24) is 19.8 Å². The standard InChI is InChI=1S/C18H15F4N7O3/c19-12-2-1-11(29(31)32)9-13(12)23-16(30)10-5-7-27(8-6-10)15-4-3-14-24-25-17(18(20,21)22)28(14)26-15/h1-4,9-10H,5-8H2,(H,23,30). The zero-order valence-electron chi connectivity index (χ0n) is 16.2. The van der Waals surface area contributed by atoms with Crippen molar-refractivity contribution >= 4 is 28.7 Å². The second-order valence-electron chi connectivity index (χ2n) is 7.15. The van der Waals surface area contributed by atoms with Crippen LogP contribution in [0.3, 0.4) is 0 Å². The number of rotatable bonds is 4. The molecule has 0 spiro atoms. The lowest BCUT2D eigenvalue weighted by Gasteiger charge is -2.32. The van der Waals surface area contributed by atoms with Gasteiger partial charge in [0.25, 0.3) is 11.5 Å². The summed E-state index contributed by atoms with van der Waals surface area (Å²) in [6.45, 7) is 0.634. The Hall–Kier alpha value is -3.84. The summed E-state index contributed by atoms with van der Waals surface area (Å²) >= 11 is 0. The number of fused-ring (bicyclic) bond motifs is 1. The number of nitro groups is 1. The van der Waals surface area contributed by atoms with Gasteiger partial charge in [-0.2, -0.15) is 17.7 Å². The number of carbonyl (C=O) groups is 1. The average Bonchev–Trinajstić information content (AvgIpc) is 3.19. The van der Waals surface area contributed by atoms with Gasteiger partial charge < -0.3 is 10.2 Å². The predicted molar refractivity (Wildman–Crippen MR) is 102 cm³/mol. The van der Waals surface area contributed by atoms with Crippen LogP contribution in [-0.4, -0.2) is 43.7 Å². The minimum Gasteiger partial charge on any atom is -0.355 e. The first-order valence-corrected chi connectivity index (χ1v) is 9.43. The van der Waals surface area contributed by atoms with Crippen LogP contribution in [0.5, 0.6) is 0 Å². The van der Waals surface area contributed by atoms with Crippen LogP contribution in [0.2, 0.25) is 0 Å². The van der Waals surface area contributed by atoms with E-state index in [9.17, 15) is 32.5 Å². The molecule has 0 radical (unpaired) electrons. The molecule has 14 heteroatoms. The molecule has 0 saturated carbocycles. The molecule has 32 heavy (non-hydrogen) atoms. The lowest BCUT2D eigenvalue weighted by atomic mass is 9.95. The highest BCUT2D eigenvalue weighted by Gasteiger charge is 2.38. The number of nitro benzene ring substituents is 1. The second kappa shape index (κ2) is 8.01. The number of non-ortho nitro benzene ring substituents is 1. The zero-order chi connectivity index (χ0) is 23.0. The van der Waals surface area contributed by atoms with Crippen LogP contribution in [0.4, 0.5) is 34.8 Å². The smallest absolute Gasteiger partial charge is 0.355 e. The van der Waals surface area contributed by atoms with Crippen molar-refractivity contribution in [2.75, 3.05) is 23.3 Å². The summed E-state index contributed by atoms with van der Waals surface area (Å²) < 4.78 is 53.7. The van der Waals surface area contributed by atoms with Crippen LogP contribution in [0.1, 0.15) is 18.7 Å². The van der Waals surface area contributed by atoms with E-state index in [1.54, 1.807) is 4.90 Å². The largest absolute Gasteiger partial charge is 0.453 e. The molecule has 1 saturated heterocycles. The van der Waals surface area contributed by atoms with Gasteiger partial charge in [-0.25, -0.2) is 4.39 Å². The third-order valence-electron chi connectivity index (χ3n) is 5.11. The molecule has 1 N–H and O–H groups in total. The number of halogens is 4. The van der Waals surface area contributed by atoms with E-state index >= 15 is 0 Å². The van der Waals surface area contributed by atoms with E-state index in [1.807, 2.05) is 0 Å². The van der Waals surface area contributed by atoms with E-state index in [0.29, 0.717) is 30.4 Å². The van der Waals surface area contributed by atoms with E-state index in [4.69, 9.17) is 0 Å². The number of piperidine rings is 1. The molecule has 1 amide bonds. The minimum absolute atomic E-state index is 0.0469. The highest BCUT2D eigenvalue weighted by Crippen LogP contribution is 2.29. The number of nitrogens with zero attached hydrogens (tertiary/aromatic N) is 6. The summed E-state index contributed by atoms with van der Waals surface area (Å²) in [7, 11) is 0. The lowest BCUT2D eigenvalue weighted by molar-refractivity contribution is -0.384. The van der Waals surface area contributed by atoms with Crippen molar-refractivity contribution in [1.29, 1.82) is 0 Å². The average molecular weight is 453 g/mol. The zero-order valence-corrected chi connectivity index (χ0v) is 16.2. The fourth-order valence-electron chi connectivity index (χ4n) is 3.45. The molecule has 0 bridgehead atoms. The maximum absolute atomic E-state index is 13.9. The van der Waals surface area contributed by atoms with Gasteiger partial charge in [0.15, 0.2) is 5.65 Å². The Labute approximate surface area is 177 Å². The molecule has 0 aliphatic carbocycles. The summed E-state index contributed by atoms with van der Waals surface area (Å²) in [5.41, 5.74) is -0.689. The first-order valence-electron chi connectivity index (χ1n) is 9.43. The third-order valence-corrected chi connectivity index (χ3v) is 5.11. The molecule has 1 aliphatic heterocycles. The molecular formula is C18H15F4N7O3. The molecule has 0 atom stereocenters. The van der Waals surface area contributed by atoms with Gasteiger partial charge in [-0.15, -0.1) is 15.3 Å². The van der Waals surface area contributed by atoms with E-state index in [1.165, 1.54) is 12.1 Å². The molecule has 1 aliphatic rings. The topological polar surface area (TPSA) is 119 Å². The van der Waals surface area contributed by atoms with Crippen molar-refractivity contribution in [3.05, 3.63) is 52.1 Å². The summed E-state index contributed by atoms with van der Waals surface area (Å²) in [5.74, 6) is -2.76.